The molecule has 3 nitrogen and oxygen atoms in total. The minimum atomic E-state index is -0.120. The lowest BCUT2D eigenvalue weighted by Gasteiger charge is -1.99. The molecule has 0 radical (unpaired) electrons. The fourth-order valence-electron chi connectivity index (χ4n) is 1.77. The van der Waals surface area contributed by atoms with Crippen LogP contribution in [0, 0.1) is 6.92 Å². The summed E-state index contributed by atoms with van der Waals surface area (Å²) in [5, 5.41) is 4.39. The molecule has 0 bridgehead atoms. The normalized spacial score (nSPS) is 10.8. The molecule has 0 saturated carbocycles. The Morgan fingerprint density at radius 2 is 2.24 bits per heavy atom. The van der Waals surface area contributed by atoms with E-state index in [1.54, 1.807) is 0 Å². The number of rotatable bonds is 3. The molecule has 0 aliphatic rings. The smallest absolute Gasteiger partial charge is 0.267 e. The lowest BCUT2D eigenvalue weighted by Crippen LogP contribution is -2.25. The predicted octanol–water partition coefficient (Wildman–Crippen LogP) is 2.79. The molecule has 17 heavy (non-hydrogen) atoms. The van der Waals surface area contributed by atoms with Crippen LogP contribution < -0.4 is 5.32 Å². The largest absolute Gasteiger partial charge is 0.350 e. The number of carbonyl (C=O) groups is 1. The molecule has 0 atom stereocenters. The first-order valence-corrected chi connectivity index (χ1v) is 6.31. The maximum Gasteiger partial charge on any atom is 0.267 e. The van der Waals surface area contributed by atoms with Gasteiger partial charge in [0, 0.05) is 28.2 Å². The molecule has 0 saturated heterocycles. The van der Waals surface area contributed by atoms with Gasteiger partial charge in [0.25, 0.3) is 5.91 Å². The van der Waals surface area contributed by atoms with Crippen LogP contribution in [0.5, 0.6) is 0 Å². The Morgan fingerprint density at radius 3 is 2.94 bits per heavy atom. The van der Waals surface area contributed by atoms with Crippen LogP contribution in [0.15, 0.2) is 18.2 Å². The Morgan fingerprint density at radius 1 is 1.47 bits per heavy atom. The van der Waals surface area contributed by atoms with Gasteiger partial charge >= 0.3 is 0 Å². The number of aromatic nitrogens is 1. The number of fused-ring (bicyclic) bond motifs is 1. The number of benzene rings is 1. The highest BCUT2D eigenvalue weighted by Gasteiger charge is 2.10. The van der Waals surface area contributed by atoms with E-state index in [-0.39, 0.29) is 5.91 Å². The number of hydrogen-bond acceptors (Lipinski definition) is 2. The predicted molar refractivity (Wildman–Crippen MR) is 74.2 cm³/mol. The molecule has 0 unspecified atom stereocenters. The summed E-state index contributed by atoms with van der Waals surface area (Å²) in [4.78, 5) is 14.9. The van der Waals surface area contributed by atoms with E-state index in [9.17, 15) is 4.79 Å². The first kappa shape index (κ1) is 12.3. The second-order valence-corrected chi connectivity index (χ2v) is 4.73. The van der Waals surface area contributed by atoms with E-state index < -0.39 is 0 Å². The Bertz CT molecular complexity index is 565. The molecule has 90 valence electrons. The zero-order chi connectivity index (χ0) is 12.4. The Labute approximate surface area is 110 Å². The molecule has 2 rings (SSSR count). The highest BCUT2D eigenvalue weighted by molar-refractivity contribution is 7.80. The van der Waals surface area contributed by atoms with E-state index in [0.717, 1.165) is 16.5 Å². The molecule has 2 N–H and O–H groups in total. The third-order valence-electron chi connectivity index (χ3n) is 2.53. The van der Waals surface area contributed by atoms with Crippen molar-refractivity contribution in [3.63, 3.8) is 0 Å². The van der Waals surface area contributed by atoms with Crippen LogP contribution in [-0.2, 0) is 0 Å². The van der Waals surface area contributed by atoms with Crippen LogP contribution in [0.25, 0.3) is 10.9 Å². The number of aromatic amines is 1. The van der Waals surface area contributed by atoms with E-state index in [0.29, 0.717) is 23.0 Å². The van der Waals surface area contributed by atoms with Gasteiger partial charge in [-0.2, -0.15) is 12.6 Å². The Hall–Kier alpha value is -1.13. The van der Waals surface area contributed by atoms with Crippen molar-refractivity contribution in [1.82, 2.24) is 10.3 Å². The van der Waals surface area contributed by atoms with Gasteiger partial charge in [-0.05, 0) is 30.7 Å². The summed E-state index contributed by atoms with van der Waals surface area (Å²) in [5.41, 5.74) is 2.53. The molecule has 1 aromatic carbocycles. The number of H-pyrrole nitrogens is 1. The molecule has 1 aromatic heterocycles. The summed E-state index contributed by atoms with van der Waals surface area (Å²) in [5.74, 6) is 0.502. The van der Waals surface area contributed by atoms with E-state index in [1.807, 2.05) is 25.1 Å². The van der Waals surface area contributed by atoms with Crippen molar-refractivity contribution >= 4 is 41.0 Å². The number of thiol groups is 1. The van der Waals surface area contributed by atoms with Crippen molar-refractivity contribution in [2.75, 3.05) is 12.3 Å². The number of amides is 1. The van der Waals surface area contributed by atoms with Crippen molar-refractivity contribution in [3.8, 4) is 0 Å². The third-order valence-corrected chi connectivity index (χ3v) is 2.97. The Kier molecular flexibility index (Phi) is 3.64. The maximum absolute atomic E-state index is 11.8. The first-order chi connectivity index (χ1) is 8.11. The first-order valence-electron chi connectivity index (χ1n) is 5.29. The minimum absolute atomic E-state index is 0.120. The van der Waals surface area contributed by atoms with Crippen LogP contribution in [0.4, 0.5) is 0 Å². The molecule has 1 heterocycles. The van der Waals surface area contributed by atoms with E-state index in [2.05, 4.69) is 22.9 Å². The van der Waals surface area contributed by atoms with Gasteiger partial charge in [-0.15, -0.1) is 0 Å². The van der Waals surface area contributed by atoms with Crippen LogP contribution in [0.3, 0.4) is 0 Å². The van der Waals surface area contributed by atoms with Gasteiger partial charge in [0.2, 0.25) is 0 Å². The standard InChI is InChI=1S/C12H13ClN2OS/c1-7-4-9(13)5-8-6-10(15-11(7)8)12(16)14-2-3-17/h4-6,15,17H,2-3H2,1H3,(H,14,16). The highest BCUT2D eigenvalue weighted by Crippen LogP contribution is 2.23. The molecular formula is C12H13ClN2OS. The van der Waals surface area contributed by atoms with Crippen molar-refractivity contribution < 1.29 is 4.79 Å². The quantitative estimate of drug-likeness (QED) is 0.737. The van der Waals surface area contributed by atoms with Crippen molar-refractivity contribution in [2.24, 2.45) is 0 Å². The van der Waals surface area contributed by atoms with Gasteiger partial charge in [-0.1, -0.05) is 11.6 Å². The minimum Gasteiger partial charge on any atom is -0.350 e. The molecule has 0 aliphatic heterocycles. The molecule has 2 aromatic rings. The van der Waals surface area contributed by atoms with Crippen LogP contribution in [-0.4, -0.2) is 23.2 Å². The Balaban J connectivity index is 2.37. The molecule has 0 aliphatic carbocycles. The summed E-state index contributed by atoms with van der Waals surface area (Å²) in [7, 11) is 0. The van der Waals surface area contributed by atoms with Crippen LogP contribution >= 0.6 is 24.2 Å². The number of nitrogens with one attached hydrogen (secondary N) is 2. The monoisotopic (exact) mass is 268 g/mol. The van der Waals surface area contributed by atoms with Crippen molar-refractivity contribution in [3.05, 3.63) is 34.5 Å². The molecule has 1 amide bonds. The number of aryl methyl sites for hydroxylation is 1. The lowest BCUT2D eigenvalue weighted by atomic mass is 10.2. The summed E-state index contributed by atoms with van der Waals surface area (Å²) >= 11 is 10.0. The topological polar surface area (TPSA) is 44.9 Å². The second-order valence-electron chi connectivity index (χ2n) is 3.85. The summed E-state index contributed by atoms with van der Waals surface area (Å²) < 4.78 is 0. The van der Waals surface area contributed by atoms with Gasteiger partial charge in [-0.25, -0.2) is 0 Å². The summed E-state index contributed by atoms with van der Waals surface area (Å²) in [6, 6.07) is 5.52. The van der Waals surface area contributed by atoms with Crippen molar-refractivity contribution in [1.29, 1.82) is 0 Å². The van der Waals surface area contributed by atoms with Crippen LogP contribution in [0.2, 0.25) is 5.02 Å². The fraction of sp³-hybridized carbons (Fsp3) is 0.250. The lowest BCUT2D eigenvalue weighted by molar-refractivity contribution is 0.0952. The number of carbonyl (C=O) groups excluding carboxylic acids is 1. The SMILES string of the molecule is Cc1cc(Cl)cc2cc(C(=O)NCCS)[nH]c12. The number of halogens is 1. The van der Waals surface area contributed by atoms with Gasteiger partial charge < -0.3 is 10.3 Å². The third kappa shape index (κ3) is 2.58. The van der Waals surface area contributed by atoms with Gasteiger partial charge in [0.05, 0.1) is 0 Å². The van der Waals surface area contributed by atoms with Crippen LogP contribution in [0.1, 0.15) is 16.1 Å². The second kappa shape index (κ2) is 5.02. The van der Waals surface area contributed by atoms with E-state index in [1.165, 1.54) is 0 Å². The van der Waals surface area contributed by atoms with Gasteiger partial charge in [0.1, 0.15) is 5.69 Å². The fourth-order valence-corrected chi connectivity index (χ4v) is 2.16. The molecular weight excluding hydrogens is 256 g/mol. The highest BCUT2D eigenvalue weighted by atomic mass is 35.5. The zero-order valence-electron chi connectivity index (χ0n) is 9.38. The average molecular weight is 269 g/mol. The van der Waals surface area contributed by atoms with E-state index >= 15 is 0 Å². The van der Waals surface area contributed by atoms with Gasteiger partial charge in [-0.3, -0.25) is 4.79 Å². The number of hydrogen-bond donors (Lipinski definition) is 3. The summed E-state index contributed by atoms with van der Waals surface area (Å²) in [6.07, 6.45) is 0. The average Bonchev–Trinajstić information content (AvgIpc) is 2.69. The molecule has 5 heteroatoms. The summed E-state index contributed by atoms with van der Waals surface area (Å²) in [6.45, 7) is 2.51. The maximum atomic E-state index is 11.8. The molecule has 0 fully saturated rings. The van der Waals surface area contributed by atoms with E-state index in [4.69, 9.17) is 11.6 Å². The van der Waals surface area contributed by atoms with Crippen molar-refractivity contribution in [2.45, 2.75) is 6.92 Å². The molecule has 0 spiro atoms. The zero-order valence-corrected chi connectivity index (χ0v) is 11.0. The van der Waals surface area contributed by atoms with Gasteiger partial charge in [0.15, 0.2) is 0 Å².